The third-order valence-corrected chi connectivity index (χ3v) is 10.1. The number of carbonyl (C=O) groups excluding carboxylic acids is 4. The lowest BCUT2D eigenvalue weighted by Crippen LogP contribution is -2.39. The number of Topliss-reactive ketones (excluding diaryl/α,β-unsaturated/α-hetero) is 1. The maximum atomic E-state index is 14.3. The Bertz CT molecular complexity index is 2050. The number of carbonyl (C=O) groups is 4. The Morgan fingerprint density at radius 3 is 2.24 bits per heavy atom. The minimum atomic E-state index is -0.721. The smallest absolute Gasteiger partial charge is 0.238 e. The molecule has 1 saturated heterocycles. The molecule has 7 rings (SSSR count). The van der Waals surface area contributed by atoms with Gasteiger partial charge in [0, 0.05) is 48.0 Å². The molecule has 4 atom stereocenters. The first-order valence-corrected chi connectivity index (χ1v) is 16.4. The van der Waals surface area contributed by atoms with Crippen LogP contribution in [0.5, 0.6) is 5.75 Å². The quantitative estimate of drug-likeness (QED) is 0.124. The molecule has 9 nitrogen and oxygen atoms in total. The summed E-state index contributed by atoms with van der Waals surface area (Å²) in [6.07, 6.45) is 5.90. The van der Waals surface area contributed by atoms with Gasteiger partial charge in [-0.05, 0) is 92.3 Å². The minimum Gasteiger partial charge on any atom is -0.507 e. The fraction of sp³-hybridized carbons (Fsp3) is 0.250. The van der Waals surface area contributed by atoms with E-state index in [2.05, 4.69) is 16.8 Å². The van der Waals surface area contributed by atoms with Gasteiger partial charge in [0.1, 0.15) is 5.75 Å². The molecular formula is C40H36N4O5. The second-order valence-electron chi connectivity index (χ2n) is 13.2. The number of fused-ring (bicyclic) bond motifs is 3. The Morgan fingerprint density at radius 2 is 1.59 bits per heavy atom. The van der Waals surface area contributed by atoms with Crippen LogP contribution in [-0.4, -0.2) is 42.6 Å². The Hall–Kier alpha value is -5.70. The summed E-state index contributed by atoms with van der Waals surface area (Å²) in [6, 6.07) is 19.9. The van der Waals surface area contributed by atoms with Gasteiger partial charge in [-0.3, -0.25) is 24.1 Å². The van der Waals surface area contributed by atoms with Crippen LogP contribution in [0.3, 0.4) is 0 Å². The van der Waals surface area contributed by atoms with E-state index in [-0.39, 0.29) is 35.6 Å². The maximum absolute atomic E-state index is 14.3. The normalized spacial score (nSPS) is 23.3. The van der Waals surface area contributed by atoms with Gasteiger partial charge in [-0.25, -0.2) is 0 Å². The molecule has 9 heteroatoms. The Morgan fingerprint density at radius 1 is 0.918 bits per heavy atom. The number of benzene rings is 3. The van der Waals surface area contributed by atoms with E-state index in [1.54, 1.807) is 49.4 Å². The first-order chi connectivity index (χ1) is 23.6. The highest BCUT2D eigenvalue weighted by Gasteiger charge is 2.56. The van der Waals surface area contributed by atoms with Crippen LogP contribution in [0.1, 0.15) is 36.8 Å². The van der Waals surface area contributed by atoms with Crippen LogP contribution in [-0.2, 0) is 25.6 Å². The van der Waals surface area contributed by atoms with Crippen LogP contribution in [0, 0.1) is 17.8 Å². The van der Waals surface area contributed by atoms with Crippen molar-refractivity contribution in [1.82, 2.24) is 0 Å². The van der Waals surface area contributed by atoms with Crippen LogP contribution in [0.25, 0.3) is 0 Å². The fourth-order valence-corrected chi connectivity index (χ4v) is 7.76. The van der Waals surface area contributed by atoms with E-state index in [1.165, 1.54) is 11.0 Å². The number of ketones is 2. The molecule has 1 N–H and O–H groups in total. The molecule has 3 aromatic rings. The highest BCUT2D eigenvalue weighted by molar-refractivity contribution is 6.25. The molecule has 49 heavy (non-hydrogen) atoms. The van der Waals surface area contributed by atoms with Crippen molar-refractivity contribution in [2.75, 3.05) is 23.9 Å². The minimum absolute atomic E-state index is 0.0349. The summed E-state index contributed by atoms with van der Waals surface area (Å²) in [5, 5.41) is 20.1. The lowest BCUT2D eigenvalue weighted by atomic mass is 9.59. The third-order valence-electron chi connectivity index (χ3n) is 10.1. The van der Waals surface area contributed by atoms with Crippen LogP contribution in [0.2, 0.25) is 0 Å². The number of imide groups is 1. The number of hydrogen-bond donors (Lipinski definition) is 1. The van der Waals surface area contributed by atoms with Gasteiger partial charge < -0.3 is 10.0 Å². The fourth-order valence-electron chi connectivity index (χ4n) is 7.76. The number of azo groups is 1. The van der Waals surface area contributed by atoms with Crippen molar-refractivity contribution in [2.45, 2.75) is 32.1 Å². The summed E-state index contributed by atoms with van der Waals surface area (Å²) >= 11 is 0. The number of rotatable bonds is 7. The number of hydrogen-bond acceptors (Lipinski definition) is 8. The predicted octanol–water partition coefficient (Wildman–Crippen LogP) is 7.24. The Labute approximate surface area is 284 Å². The molecule has 4 unspecified atom stereocenters. The topological polar surface area (TPSA) is 120 Å². The molecule has 1 heterocycles. The van der Waals surface area contributed by atoms with Gasteiger partial charge >= 0.3 is 0 Å². The van der Waals surface area contributed by atoms with Crippen molar-refractivity contribution < 1.29 is 24.3 Å². The number of phenolic OH excluding ortho intramolecular Hbond substituents is 1. The Kier molecular flexibility index (Phi) is 8.06. The zero-order valence-corrected chi connectivity index (χ0v) is 27.6. The molecule has 0 radical (unpaired) electrons. The van der Waals surface area contributed by atoms with E-state index in [1.807, 2.05) is 55.4 Å². The molecule has 3 aromatic carbocycles. The van der Waals surface area contributed by atoms with Crippen LogP contribution >= 0.6 is 0 Å². The molecule has 4 aliphatic rings. The zero-order valence-electron chi connectivity index (χ0n) is 27.6. The second-order valence-corrected chi connectivity index (χ2v) is 13.2. The van der Waals surface area contributed by atoms with E-state index >= 15 is 0 Å². The van der Waals surface area contributed by atoms with Gasteiger partial charge in [0.05, 0.1) is 28.9 Å². The van der Waals surface area contributed by atoms with E-state index in [9.17, 15) is 24.3 Å². The molecular weight excluding hydrogens is 616 g/mol. The van der Waals surface area contributed by atoms with Gasteiger partial charge in [-0.2, -0.15) is 10.2 Å². The molecule has 0 saturated carbocycles. The van der Waals surface area contributed by atoms with E-state index in [0.717, 1.165) is 11.3 Å². The van der Waals surface area contributed by atoms with E-state index in [4.69, 9.17) is 0 Å². The number of para-hydroxylation sites is 1. The maximum Gasteiger partial charge on any atom is 0.238 e. The van der Waals surface area contributed by atoms with Crippen molar-refractivity contribution in [2.24, 2.45) is 28.0 Å². The third kappa shape index (κ3) is 5.35. The lowest BCUT2D eigenvalue weighted by Gasteiger charge is -2.42. The number of aromatic hydroxyl groups is 1. The number of amides is 2. The molecule has 1 aliphatic heterocycles. The summed E-state index contributed by atoms with van der Waals surface area (Å²) in [7, 11) is 3.93. The average molecular weight is 653 g/mol. The van der Waals surface area contributed by atoms with E-state index < -0.39 is 23.7 Å². The number of anilines is 2. The van der Waals surface area contributed by atoms with Gasteiger partial charge in [0.2, 0.25) is 11.8 Å². The SMILES string of the molecule is C=CCc1cccc(C2C3=CCC4C(=O)N(c5ccc(N=Nc6ccc(N(C)C)cc6)cc5)C(=O)C4C3CC3=C2C(=O)C=C(C)C3=O)c1O. The van der Waals surface area contributed by atoms with Crippen LogP contribution in [0.15, 0.2) is 124 Å². The molecule has 0 aromatic heterocycles. The summed E-state index contributed by atoms with van der Waals surface area (Å²) in [5.41, 5.74) is 5.73. The molecule has 3 aliphatic carbocycles. The average Bonchev–Trinajstić information content (AvgIpc) is 3.36. The van der Waals surface area contributed by atoms with Crippen LogP contribution in [0.4, 0.5) is 22.7 Å². The van der Waals surface area contributed by atoms with Crippen molar-refractivity contribution in [3.05, 3.63) is 125 Å². The molecule has 0 spiro atoms. The number of nitrogens with zero attached hydrogens (tertiary/aromatic N) is 4. The second kappa shape index (κ2) is 12.4. The van der Waals surface area contributed by atoms with Gasteiger partial charge in [0.15, 0.2) is 11.6 Å². The molecule has 246 valence electrons. The summed E-state index contributed by atoms with van der Waals surface area (Å²) in [6.45, 7) is 5.41. The highest BCUT2D eigenvalue weighted by atomic mass is 16.3. The first-order valence-electron chi connectivity index (χ1n) is 16.4. The van der Waals surface area contributed by atoms with Crippen molar-refractivity contribution in [3.63, 3.8) is 0 Å². The van der Waals surface area contributed by atoms with Crippen molar-refractivity contribution in [3.8, 4) is 5.75 Å². The Balaban J connectivity index is 1.21. The largest absolute Gasteiger partial charge is 0.507 e. The van der Waals surface area contributed by atoms with Crippen molar-refractivity contribution >= 4 is 46.1 Å². The van der Waals surface area contributed by atoms with Crippen LogP contribution < -0.4 is 9.80 Å². The van der Waals surface area contributed by atoms with E-state index in [0.29, 0.717) is 57.8 Å². The van der Waals surface area contributed by atoms with Gasteiger partial charge in [0.25, 0.3) is 0 Å². The lowest BCUT2D eigenvalue weighted by molar-refractivity contribution is -0.123. The molecule has 0 bridgehead atoms. The summed E-state index contributed by atoms with van der Waals surface area (Å²) < 4.78 is 0. The highest BCUT2D eigenvalue weighted by Crippen LogP contribution is 2.56. The first kappa shape index (κ1) is 31.9. The molecule has 1 fully saturated rings. The predicted molar refractivity (Wildman–Crippen MR) is 187 cm³/mol. The monoisotopic (exact) mass is 652 g/mol. The zero-order chi connectivity index (χ0) is 34.6. The summed E-state index contributed by atoms with van der Waals surface area (Å²) in [5.74, 6) is -3.67. The van der Waals surface area contributed by atoms with Gasteiger partial charge in [-0.1, -0.05) is 35.9 Å². The summed E-state index contributed by atoms with van der Waals surface area (Å²) in [4.78, 5) is 58.6. The standard InChI is InChI=1S/C40H36N4O5/c1-5-7-23-8-6-9-29(38(23)47)34-28-18-19-30-35(31(28)21-32-36(34)33(45)20-22(2)37(32)46)40(49)44(39(30)48)27-16-12-25(13-17-27)42-41-24-10-14-26(15-11-24)43(3)4/h5-6,8-18,20,30-31,34-35,47H,1,7,19,21H2,2-4H3. The van der Waals surface area contributed by atoms with Crippen molar-refractivity contribution in [1.29, 1.82) is 0 Å². The van der Waals surface area contributed by atoms with Gasteiger partial charge in [-0.15, -0.1) is 6.58 Å². The molecule has 2 amide bonds. The number of allylic oxidation sites excluding steroid dienone is 7. The number of phenols is 1.